The zero-order valence-corrected chi connectivity index (χ0v) is 56.0. The van der Waals surface area contributed by atoms with E-state index >= 15 is 0 Å². The number of aromatic nitrogens is 8. The summed E-state index contributed by atoms with van der Waals surface area (Å²) in [4.78, 5) is 39.6. The van der Waals surface area contributed by atoms with Crippen LogP contribution < -0.4 is 9.80 Å². The van der Waals surface area contributed by atoms with Crippen LogP contribution in [0.3, 0.4) is 0 Å². The Bertz CT molecular complexity index is 5240. The lowest BCUT2D eigenvalue weighted by atomic mass is 10.0. The molecule has 0 fully saturated rings. The van der Waals surface area contributed by atoms with Crippen LogP contribution in [0.5, 0.6) is 0 Å². The molecule has 3 aliphatic rings. The second-order valence-electron chi connectivity index (χ2n) is 24.2. The highest BCUT2D eigenvalue weighted by atomic mass is 32.1. The molecule has 15 aromatic rings. The molecule has 11 aromatic heterocycles. The van der Waals surface area contributed by atoms with E-state index in [0.717, 1.165) is 64.1 Å². The lowest BCUT2D eigenvalue weighted by Gasteiger charge is -2.12. The molecule has 0 radical (unpaired) electrons. The van der Waals surface area contributed by atoms with Crippen molar-refractivity contribution in [3.63, 3.8) is 0 Å². The number of nitrogens with zero attached hydrogens (tertiary/aromatic N) is 6. The van der Waals surface area contributed by atoms with Gasteiger partial charge in [-0.2, -0.15) is 0 Å². The van der Waals surface area contributed by atoms with E-state index in [1.807, 2.05) is 31.0 Å². The first kappa shape index (κ1) is 61.0. The molecular formula is C83H68N10S3. The SMILES string of the molecule is C1=CC(c2c[nH]c3ncc(-c4ccc(-c5cccs5)cc4)cc23)=CC1.CN(C)c1ccc(-c2cnc3[nH]cc(C4=CCC=C4)c3c2)cc1.CN(C)c1ccc(-c2cnc3[nH]cc(C4=CCC=C4)c3c2)cc1.c1csc(-c2ccc(-c3cnc4[nH]cc(-c5cccs5)c4c3)cc2)c1. The van der Waals surface area contributed by atoms with Gasteiger partial charge < -0.3 is 29.7 Å². The number of benzene rings is 4. The molecule has 10 nitrogen and oxygen atoms in total. The molecule has 0 saturated heterocycles. The highest BCUT2D eigenvalue weighted by molar-refractivity contribution is 7.14. The molecule has 18 rings (SSSR count). The number of anilines is 2. The summed E-state index contributed by atoms with van der Waals surface area (Å²) in [5, 5.41) is 11.0. The zero-order valence-electron chi connectivity index (χ0n) is 53.6. The molecule has 0 unspecified atom stereocenters. The predicted octanol–water partition coefficient (Wildman–Crippen LogP) is 22.3. The highest BCUT2D eigenvalue weighted by Crippen LogP contribution is 2.38. The number of hydrogen-bond donors (Lipinski definition) is 4. The van der Waals surface area contributed by atoms with Gasteiger partial charge in [0.25, 0.3) is 0 Å². The number of H-pyrrole nitrogens is 4. The normalized spacial score (nSPS) is 12.9. The topological polar surface area (TPSA) is 121 Å². The summed E-state index contributed by atoms with van der Waals surface area (Å²) in [6, 6.07) is 56.3. The molecule has 3 aliphatic carbocycles. The first-order valence-corrected chi connectivity index (χ1v) is 34.7. The van der Waals surface area contributed by atoms with Crippen molar-refractivity contribution in [1.82, 2.24) is 39.9 Å². The van der Waals surface area contributed by atoms with Crippen molar-refractivity contribution < 1.29 is 0 Å². The maximum absolute atomic E-state index is 4.62. The average molecular weight is 1300 g/mol. The van der Waals surface area contributed by atoms with Gasteiger partial charge in [-0.05, 0) is 152 Å². The Morgan fingerprint density at radius 3 is 0.875 bits per heavy atom. The molecule has 0 bridgehead atoms. The van der Waals surface area contributed by atoms with Gasteiger partial charge in [-0.3, -0.25) is 0 Å². The Kier molecular flexibility index (Phi) is 17.4. The van der Waals surface area contributed by atoms with Gasteiger partial charge in [-0.15, -0.1) is 34.0 Å². The number of thiophene rings is 3. The van der Waals surface area contributed by atoms with Gasteiger partial charge in [0.2, 0.25) is 0 Å². The molecular weight excluding hydrogens is 1230 g/mol. The van der Waals surface area contributed by atoms with Crippen LogP contribution >= 0.6 is 34.0 Å². The van der Waals surface area contributed by atoms with Crippen LogP contribution in [0.15, 0.2) is 278 Å². The van der Waals surface area contributed by atoms with E-state index in [2.05, 4.69) is 325 Å². The number of fused-ring (bicyclic) bond motifs is 4. The third kappa shape index (κ3) is 12.9. The van der Waals surface area contributed by atoms with E-state index in [-0.39, 0.29) is 0 Å². The standard InChI is InChI=1S/C22H16N2S.C21H14N2S2.2C20H19N3/c1-2-5-16(4-1)20-14-24-22-19(20)12-18(13-23-22)15-7-9-17(10-8-15)21-6-3-11-25-21;1-3-19(24-9-1)15-7-5-14(6-8-15)16-11-17-18(20-4-2-10-25-20)13-23-21(17)22-12-16;2*1-23(2)17-9-7-14(8-10-17)16-11-18-19(15-5-3-4-6-15)13-22-20(18)21-12-16/h1,3-14H,2H2,(H,23,24);1-13H,(H,22,23);2*3,5-13H,4H2,1-2H3,(H,21,22). The van der Waals surface area contributed by atoms with Crippen molar-refractivity contribution in [2.24, 2.45) is 0 Å². The van der Waals surface area contributed by atoms with Gasteiger partial charge in [0.15, 0.2) is 0 Å². The average Bonchev–Trinajstić information content (AvgIpc) is 1.66. The number of aromatic amines is 4. The summed E-state index contributed by atoms with van der Waals surface area (Å²) >= 11 is 5.28. The maximum atomic E-state index is 4.62. The lowest BCUT2D eigenvalue weighted by molar-refractivity contribution is 1.13. The number of rotatable bonds is 12. The Labute approximate surface area is 570 Å². The summed E-state index contributed by atoms with van der Waals surface area (Å²) in [5.41, 5.74) is 26.7. The fourth-order valence-corrected chi connectivity index (χ4v) is 14.6. The lowest BCUT2D eigenvalue weighted by Crippen LogP contribution is -2.07. The molecule has 96 heavy (non-hydrogen) atoms. The van der Waals surface area contributed by atoms with E-state index in [4.69, 9.17) is 0 Å². The predicted molar refractivity (Wildman–Crippen MR) is 410 cm³/mol. The highest BCUT2D eigenvalue weighted by Gasteiger charge is 2.16. The van der Waals surface area contributed by atoms with E-state index in [1.165, 1.54) is 120 Å². The van der Waals surface area contributed by atoms with Crippen LogP contribution in [-0.2, 0) is 0 Å². The summed E-state index contributed by atoms with van der Waals surface area (Å²) in [6.07, 6.45) is 38.9. The van der Waals surface area contributed by atoms with Crippen LogP contribution in [-0.4, -0.2) is 68.1 Å². The Hall–Kier alpha value is -11.2. The quantitative estimate of drug-likeness (QED) is 0.0967. The Morgan fingerprint density at radius 2 is 0.594 bits per heavy atom. The fourth-order valence-electron chi connectivity index (χ4n) is 12.4. The molecule has 0 atom stereocenters. The molecule has 468 valence electrons. The van der Waals surface area contributed by atoms with Gasteiger partial charge >= 0.3 is 0 Å². The second-order valence-corrected chi connectivity index (χ2v) is 27.0. The summed E-state index contributed by atoms with van der Waals surface area (Å²) in [6.45, 7) is 0. The summed E-state index contributed by atoms with van der Waals surface area (Å²) in [7, 11) is 8.21. The van der Waals surface area contributed by atoms with E-state index in [0.29, 0.717) is 0 Å². The van der Waals surface area contributed by atoms with Crippen molar-refractivity contribution in [3.8, 4) is 75.8 Å². The van der Waals surface area contributed by atoms with Crippen molar-refractivity contribution in [1.29, 1.82) is 0 Å². The third-order valence-corrected chi connectivity index (χ3v) is 20.4. The van der Waals surface area contributed by atoms with Crippen LogP contribution in [0.2, 0.25) is 0 Å². The fraction of sp³-hybridized carbons (Fsp3) is 0.0843. The van der Waals surface area contributed by atoms with E-state index < -0.39 is 0 Å². The number of allylic oxidation sites excluding steroid dienone is 12. The van der Waals surface area contributed by atoms with Gasteiger partial charge in [0.05, 0.1) is 0 Å². The first-order chi connectivity index (χ1) is 47.2. The van der Waals surface area contributed by atoms with Crippen molar-refractivity contribution in [2.45, 2.75) is 19.3 Å². The minimum atomic E-state index is 0.933. The molecule has 4 N–H and O–H groups in total. The molecule has 13 heteroatoms. The Balaban J connectivity index is 0.000000105. The maximum Gasteiger partial charge on any atom is 0.137 e. The number of hydrogen-bond acceptors (Lipinski definition) is 9. The molecule has 0 aliphatic heterocycles. The number of pyridine rings is 4. The minimum Gasteiger partial charge on any atom is -0.378 e. The van der Waals surface area contributed by atoms with Gasteiger partial charge in [0.1, 0.15) is 22.6 Å². The second kappa shape index (κ2) is 27.4. The minimum absolute atomic E-state index is 0.933. The largest absolute Gasteiger partial charge is 0.378 e. The van der Waals surface area contributed by atoms with E-state index in [9.17, 15) is 0 Å². The molecule has 4 aromatic carbocycles. The van der Waals surface area contributed by atoms with Crippen LogP contribution in [0.25, 0.3) is 137 Å². The van der Waals surface area contributed by atoms with Gasteiger partial charge in [-0.1, -0.05) is 146 Å². The van der Waals surface area contributed by atoms with Crippen molar-refractivity contribution in [3.05, 3.63) is 295 Å². The van der Waals surface area contributed by atoms with Gasteiger partial charge in [0, 0.05) is 170 Å². The van der Waals surface area contributed by atoms with Crippen LogP contribution in [0, 0.1) is 0 Å². The van der Waals surface area contributed by atoms with Gasteiger partial charge in [-0.25, -0.2) is 19.9 Å². The molecule has 0 spiro atoms. The van der Waals surface area contributed by atoms with Crippen molar-refractivity contribution in [2.75, 3.05) is 38.0 Å². The zero-order chi connectivity index (χ0) is 64.9. The van der Waals surface area contributed by atoms with Crippen LogP contribution in [0.1, 0.15) is 36.0 Å². The number of nitrogens with one attached hydrogen (secondary N) is 4. The molecule has 11 heterocycles. The van der Waals surface area contributed by atoms with E-state index in [1.54, 1.807) is 34.0 Å². The first-order valence-electron chi connectivity index (χ1n) is 32.1. The molecule has 0 amide bonds. The van der Waals surface area contributed by atoms with Crippen molar-refractivity contribution >= 4 is 106 Å². The smallest absolute Gasteiger partial charge is 0.137 e. The Morgan fingerprint density at radius 1 is 0.312 bits per heavy atom. The summed E-state index contributed by atoms with van der Waals surface area (Å²) in [5.74, 6) is 0. The molecule has 0 saturated carbocycles. The monoisotopic (exact) mass is 1300 g/mol. The summed E-state index contributed by atoms with van der Waals surface area (Å²) < 4.78 is 0. The third-order valence-electron chi connectivity index (χ3n) is 17.6. The van der Waals surface area contributed by atoms with Crippen LogP contribution in [0.4, 0.5) is 11.4 Å².